The second kappa shape index (κ2) is 9.38. The van der Waals surface area contributed by atoms with Crippen molar-refractivity contribution in [2.45, 2.75) is 18.0 Å². The molecule has 168 valence electrons. The molecule has 0 fully saturated rings. The number of aromatic nitrogens is 2. The Morgan fingerprint density at radius 2 is 1.69 bits per heavy atom. The van der Waals surface area contributed by atoms with E-state index in [-0.39, 0.29) is 17.3 Å². The molecular weight excluding hydrogens is 456 g/mol. The van der Waals surface area contributed by atoms with Crippen LogP contribution in [-0.4, -0.2) is 34.0 Å². The van der Waals surface area contributed by atoms with Gasteiger partial charge in [-0.3, -0.25) is 10.0 Å². The molecule has 0 radical (unpaired) electrons. The molecule has 3 rings (SSSR count). The van der Waals surface area contributed by atoms with Crippen molar-refractivity contribution in [2.75, 3.05) is 0 Å². The van der Waals surface area contributed by atoms with Crippen molar-refractivity contribution in [2.24, 2.45) is 0 Å². The van der Waals surface area contributed by atoms with Gasteiger partial charge in [-0.15, -0.1) is 0 Å². The van der Waals surface area contributed by atoms with Crippen LogP contribution in [0.4, 0.5) is 17.6 Å². The Labute approximate surface area is 179 Å². The number of carbonyl (C=O) groups is 1. The van der Waals surface area contributed by atoms with Crippen LogP contribution in [-0.2, 0) is 23.1 Å². The number of nitrogens with one attached hydrogen (secondary N) is 1. The van der Waals surface area contributed by atoms with Gasteiger partial charge in [0.1, 0.15) is 4.90 Å². The number of carbonyl (C=O) groups excluding carboxylic acids is 1. The average molecular weight is 470 g/mol. The van der Waals surface area contributed by atoms with Crippen molar-refractivity contribution in [3.05, 3.63) is 88.8 Å². The minimum atomic E-state index is -4.90. The molecule has 0 aliphatic heterocycles. The highest BCUT2D eigenvalue weighted by atomic mass is 32.2. The first kappa shape index (κ1) is 23.2. The molecule has 13 heteroatoms. The maximum absolute atomic E-state index is 14.3. The van der Waals surface area contributed by atoms with E-state index < -0.39 is 57.2 Å². The fraction of sp³-hybridized carbons (Fsp3) is 0.105. The predicted molar refractivity (Wildman–Crippen MR) is 100 cm³/mol. The van der Waals surface area contributed by atoms with Crippen LogP contribution in [0, 0.1) is 23.3 Å². The Hall–Kier alpha value is -3.42. The lowest BCUT2D eigenvalue weighted by Gasteiger charge is -2.22. The largest absolute Gasteiger partial charge is 0.288 e. The molecule has 32 heavy (non-hydrogen) atoms. The van der Waals surface area contributed by atoms with E-state index >= 15 is 0 Å². The number of sulfonamides is 1. The first-order chi connectivity index (χ1) is 15.1. The van der Waals surface area contributed by atoms with Crippen LogP contribution >= 0.6 is 0 Å². The molecule has 0 aliphatic rings. The van der Waals surface area contributed by atoms with E-state index in [4.69, 9.17) is 5.21 Å². The number of hydrogen-bond donors (Lipinski definition) is 2. The van der Waals surface area contributed by atoms with Gasteiger partial charge in [-0.2, -0.15) is 14.5 Å². The zero-order chi connectivity index (χ0) is 23.5. The van der Waals surface area contributed by atoms with E-state index in [1.807, 2.05) is 0 Å². The van der Waals surface area contributed by atoms with Gasteiger partial charge in [-0.1, -0.05) is 12.1 Å². The quantitative estimate of drug-likeness (QED) is 0.180. The zero-order valence-electron chi connectivity index (χ0n) is 16.0. The molecular formula is C19H14F4N4O4S. The SMILES string of the molecule is O=C(NO)c1ccc(CN(Cc2cccnn2)S(=O)(=O)c2cc(F)c(F)c(F)c2F)cc1. The molecule has 0 saturated carbocycles. The third-order valence-corrected chi connectivity index (χ3v) is 6.12. The zero-order valence-corrected chi connectivity index (χ0v) is 16.8. The Morgan fingerprint density at radius 1 is 1.00 bits per heavy atom. The van der Waals surface area contributed by atoms with Crippen LogP contribution in [0.25, 0.3) is 0 Å². The van der Waals surface area contributed by atoms with Gasteiger partial charge in [-0.05, 0) is 29.8 Å². The van der Waals surface area contributed by atoms with Crippen LogP contribution in [0.3, 0.4) is 0 Å². The summed E-state index contributed by atoms with van der Waals surface area (Å²) in [5.74, 6) is -9.15. The van der Waals surface area contributed by atoms with Crippen molar-refractivity contribution in [1.29, 1.82) is 0 Å². The van der Waals surface area contributed by atoms with Crippen molar-refractivity contribution in [1.82, 2.24) is 20.0 Å². The number of benzene rings is 2. The van der Waals surface area contributed by atoms with Gasteiger partial charge in [0.2, 0.25) is 10.0 Å². The van der Waals surface area contributed by atoms with Crippen LogP contribution in [0.2, 0.25) is 0 Å². The third-order valence-electron chi connectivity index (χ3n) is 4.33. The molecule has 0 unspecified atom stereocenters. The monoisotopic (exact) mass is 470 g/mol. The Bertz CT molecular complexity index is 1240. The fourth-order valence-corrected chi connectivity index (χ4v) is 4.20. The van der Waals surface area contributed by atoms with Gasteiger partial charge in [0.25, 0.3) is 5.91 Å². The molecule has 3 aromatic rings. The van der Waals surface area contributed by atoms with E-state index in [1.54, 1.807) is 0 Å². The average Bonchev–Trinajstić information content (AvgIpc) is 2.80. The lowest BCUT2D eigenvalue weighted by atomic mass is 10.1. The Balaban J connectivity index is 2.04. The van der Waals surface area contributed by atoms with Crippen LogP contribution in [0.5, 0.6) is 0 Å². The second-order valence-electron chi connectivity index (χ2n) is 6.42. The third kappa shape index (κ3) is 4.74. The molecule has 1 heterocycles. The maximum Gasteiger partial charge on any atom is 0.274 e. The summed E-state index contributed by atoms with van der Waals surface area (Å²) in [5.41, 5.74) is 1.94. The van der Waals surface area contributed by atoms with Gasteiger partial charge in [0.15, 0.2) is 23.3 Å². The number of hydroxylamine groups is 1. The van der Waals surface area contributed by atoms with Crippen molar-refractivity contribution >= 4 is 15.9 Å². The van der Waals surface area contributed by atoms with Gasteiger partial charge in [-0.25, -0.2) is 31.5 Å². The topological polar surface area (TPSA) is 112 Å². The standard InChI is InChI=1S/C19H14F4N4O4S/c20-14-8-15(17(22)18(23)16(14)21)32(30,31)27(10-13-2-1-7-24-25-13)9-11-3-5-12(6-4-11)19(28)26-29/h1-8,29H,9-10H2,(H,26,28). The van der Waals surface area contributed by atoms with E-state index in [0.717, 1.165) is 0 Å². The van der Waals surface area contributed by atoms with Crippen LogP contribution < -0.4 is 5.48 Å². The number of nitrogens with zero attached hydrogens (tertiary/aromatic N) is 3. The number of rotatable bonds is 7. The lowest BCUT2D eigenvalue weighted by Crippen LogP contribution is -2.32. The molecule has 1 aromatic heterocycles. The highest BCUT2D eigenvalue weighted by Gasteiger charge is 2.32. The molecule has 2 N–H and O–H groups in total. The van der Waals surface area contributed by atoms with Crippen molar-refractivity contribution < 1.29 is 36.0 Å². The minimum Gasteiger partial charge on any atom is -0.288 e. The fourth-order valence-electron chi connectivity index (χ4n) is 2.73. The van der Waals surface area contributed by atoms with Crippen molar-refractivity contribution in [3.8, 4) is 0 Å². The summed E-state index contributed by atoms with van der Waals surface area (Å²) < 4.78 is 81.8. The number of hydrogen-bond acceptors (Lipinski definition) is 6. The highest BCUT2D eigenvalue weighted by Crippen LogP contribution is 2.27. The summed E-state index contributed by atoms with van der Waals surface area (Å²) >= 11 is 0. The van der Waals surface area contributed by atoms with Crippen molar-refractivity contribution in [3.63, 3.8) is 0 Å². The van der Waals surface area contributed by atoms with Crippen LogP contribution in [0.15, 0.2) is 53.6 Å². The first-order valence-electron chi connectivity index (χ1n) is 8.78. The van der Waals surface area contributed by atoms with Gasteiger partial charge >= 0.3 is 0 Å². The van der Waals surface area contributed by atoms with E-state index in [2.05, 4.69) is 10.2 Å². The summed E-state index contributed by atoms with van der Waals surface area (Å²) in [5, 5.41) is 16.0. The summed E-state index contributed by atoms with van der Waals surface area (Å²) in [6.07, 6.45) is 1.33. The summed E-state index contributed by atoms with van der Waals surface area (Å²) in [6.45, 7) is -0.894. The molecule has 2 aromatic carbocycles. The Morgan fingerprint density at radius 3 is 2.28 bits per heavy atom. The summed E-state index contributed by atoms with van der Waals surface area (Å²) in [7, 11) is -4.90. The number of amides is 1. The second-order valence-corrected chi connectivity index (χ2v) is 8.33. The lowest BCUT2D eigenvalue weighted by molar-refractivity contribution is 0.0706. The molecule has 0 saturated heterocycles. The normalized spacial score (nSPS) is 11.6. The molecule has 0 aliphatic carbocycles. The van der Waals surface area contributed by atoms with Gasteiger partial charge in [0.05, 0.1) is 12.2 Å². The molecule has 0 atom stereocenters. The van der Waals surface area contributed by atoms with Gasteiger partial charge in [0, 0.05) is 24.4 Å². The molecule has 1 amide bonds. The summed E-state index contributed by atoms with van der Waals surface area (Å²) in [6, 6.07) is 8.22. The van der Waals surface area contributed by atoms with Crippen LogP contribution in [0.1, 0.15) is 21.6 Å². The Kier molecular flexibility index (Phi) is 6.81. The first-order valence-corrected chi connectivity index (χ1v) is 10.2. The van der Waals surface area contributed by atoms with Gasteiger partial charge < -0.3 is 0 Å². The number of halogens is 4. The van der Waals surface area contributed by atoms with E-state index in [1.165, 1.54) is 48.1 Å². The molecule has 0 spiro atoms. The molecule has 0 bridgehead atoms. The van der Waals surface area contributed by atoms with E-state index in [9.17, 15) is 30.8 Å². The summed E-state index contributed by atoms with van der Waals surface area (Å²) in [4.78, 5) is 10.0. The maximum atomic E-state index is 14.3. The molecule has 8 nitrogen and oxygen atoms in total. The smallest absolute Gasteiger partial charge is 0.274 e. The van der Waals surface area contributed by atoms with E-state index in [0.29, 0.717) is 9.87 Å². The minimum absolute atomic E-state index is 0.0570. The highest BCUT2D eigenvalue weighted by molar-refractivity contribution is 7.89. The predicted octanol–water partition coefficient (Wildman–Crippen LogP) is 2.54.